The highest BCUT2D eigenvalue weighted by molar-refractivity contribution is 6.31. The highest BCUT2D eigenvalue weighted by atomic mass is 35.5. The van der Waals surface area contributed by atoms with Gasteiger partial charge >= 0.3 is 0 Å². The molecular weight excluding hydrogens is 193 g/mol. The molecule has 0 saturated carbocycles. The smallest absolute Gasteiger partial charge is 0.0442 e. The van der Waals surface area contributed by atoms with Crippen LogP contribution >= 0.6 is 24.0 Å². The van der Waals surface area contributed by atoms with Crippen molar-refractivity contribution < 1.29 is 0 Å². The zero-order chi connectivity index (χ0) is 8.43. The molecule has 0 heterocycles. The van der Waals surface area contributed by atoms with Gasteiger partial charge in [0.1, 0.15) is 0 Å². The molecular formula is C9H13Cl2N. The fourth-order valence-corrected chi connectivity index (χ4v) is 1.34. The van der Waals surface area contributed by atoms with E-state index in [1.54, 1.807) is 0 Å². The summed E-state index contributed by atoms with van der Waals surface area (Å²) < 4.78 is 0. The normalized spacial score (nSPS) is 9.67. The van der Waals surface area contributed by atoms with E-state index in [-0.39, 0.29) is 12.4 Å². The van der Waals surface area contributed by atoms with Crippen molar-refractivity contribution >= 4 is 29.7 Å². The molecule has 0 amide bonds. The molecule has 0 aliphatic rings. The second kappa shape index (κ2) is 4.58. The first-order valence-corrected chi connectivity index (χ1v) is 4.04. The van der Waals surface area contributed by atoms with Crippen molar-refractivity contribution in [2.24, 2.45) is 0 Å². The molecule has 0 aliphatic heterocycles. The third kappa shape index (κ3) is 2.58. The van der Waals surface area contributed by atoms with Crippen molar-refractivity contribution in [1.82, 2.24) is 0 Å². The Balaban J connectivity index is 0.00000121. The van der Waals surface area contributed by atoms with Crippen LogP contribution in [-0.4, -0.2) is 0 Å². The molecule has 0 atom stereocenters. The summed E-state index contributed by atoms with van der Waals surface area (Å²) in [7, 11) is 0. The Labute approximate surface area is 84.3 Å². The van der Waals surface area contributed by atoms with Crippen LogP contribution < -0.4 is 5.73 Å². The Kier molecular flexibility index (Phi) is 4.43. The van der Waals surface area contributed by atoms with Gasteiger partial charge in [0.05, 0.1) is 0 Å². The SMILES string of the molecule is CC(C)c1cc(N)ccc1Cl.Cl. The average molecular weight is 206 g/mol. The van der Waals surface area contributed by atoms with Crippen LogP contribution in [0.2, 0.25) is 5.02 Å². The maximum atomic E-state index is 5.94. The van der Waals surface area contributed by atoms with Crippen molar-refractivity contribution in [3.05, 3.63) is 28.8 Å². The highest BCUT2D eigenvalue weighted by Crippen LogP contribution is 2.25. The molecule has 1 aromatic rings. The Morgan fingerprint density at radius 1 is 1.33 bits per heavy atom. The molecule has 2 N–H and O–H groups in total. The van der Waals surface area contributed by atoms with E-state index >= 15 is 0 Å². The van der Waals surface area contributed by atoms with E-state index in [1.807, 2.05) is 18.2 Å². The maximum absolute atomic E-state index is 5.94. The first kappa shape index (κ1) is 11.6. The molecule has 12 heavy (non-hydrogen) atoms. The minimum Gasteiger partial charge on any atom is -0.399 e. The summed E-state index contributed by atoms with van der Waals surface area (Å²) in [5.41, 5.74) is 7.50. The zero-order valence-electron chi connectivity index (χ0n) is 7.17. The first-order valence-electron chi connectivity index (χ1n) is 3.66. The van der Waals surface area contributed by atoms with E-state index < -0.39 is 0 Å². The van der Waals surface area contributed by atoms with Crippen LogP contribution in [0.25, 0.3) is 0 Å². The van der Waals surface area contributed by atoms with Crippen molar-refractivity contribution in [2.45, 2.75) is 19.8 Å². The number of nitrogen functional groups attached to an aromatic ring is 1. The second-order valence-electron chi connectivity index (χ2n) is 2.94. The Bertz CT molecular complexity index is 259. The minimum atomic E-state index is 0. The number of halogens is 2. The monoisotopic (exact) mass is 205 g/mol. The molecule has 1 aromatic carbocycles. The van der Waals surface area contributed by atoms with Gasteiger partial charge in [0, 0.05) is 10.7 Å². The van der Waals surface area contributed by atoms with Crippen LogP contribution in [0.15, 0.2) is 18.2 Å². The molecule has 0 unspecified atom stereocenters. The number of nitrogens with two attached hydrogens (primary N) is 1. The highest BCUT2D eigenvalue weighted by Gasteiger charge is 2.03. The van der Waals surface area contributed by atoms with Gasteiger partial charge in [-0.3, -0.25) is 0 Å². The summed E-state index contributed by atoms with van der Waals surface area (Å²) >= 11 is 5.94. The molecule has 68 valence electrons. The number of anilines is 1. The molecule has 0 aromatic heterocycles. The summed E-state index contributed by atoms with van der Waals surface area (Å²) in [6.07, 6.45) is 0. The summed E-state index contributed by atoms with van der Waals surface area (Å²) in [5.74, 6) is 0.436. The standard InChI is InChI=1S/C9H12ClN.ClH/c1-6(2)8-5-7(11)3-4-9(8)10;/h3-6H,11H2,1-2H3;1H. The fourth-order valence-electron chi connectivity index (χ4n) is 1.00. The predicted molar refractivity (Wildman–Crippen MR) is 57.2 cm³/mol. The van der Waals surface area contributed by atoms with Gasteiger partial charge in [0.2, 0.25) is 0 Å². The van der Waals surface area contributed by atoms with Gasteiger partial charge in [0.15, 0.2) is 0 Å². The van der Waals surface area contributed by atoms with Crippen molar-refractivity contribution in [3.8, 4) is 0 Å². The van der Waals surface area contributed by atoms with Gasteiger partial charge in [-0.2, -0.15) is 0 Å². The van der Waals surface area contributed by atoms with E-state index in [2.05, 4.69) is 13.8 Å². The summed E-state index contributed by atoms with van der Waals surface area (Å²) in [6.45, 7) is 4.20. The lowest BCUT2D eigenvalue weighted by Crippen LogP contribution is -1.91. The van der Waals surface area contributed by atoms with Crippen LogP contribution in [0.3, 0.4) is 0 Å². The molecule has 0 saturated heterocycles. The largest absolute Gasteiger partial charge is 0.399 e. The molecule has 3 heteroatoms. The van der Waals surface area contributed by atoms with Gasteiger partial charge < -0.3 is 5.73 Å². The molecule has 0 spiro atoms. The van der Waals surface area contributed by atoms with Crippen molar-refractivity contribution in [3.63, 3.8) is 0 Å². The molecule has 0 radical (unpaired) electrons. The molecule has 1 rings (SSSR count). The summed E-state index contributed by atoms with van der Waals surface area (Å²) in [6, 6.07) is 5.58. The van der Waals surface area contributed by atoms with Gasteiger partial charge in [-0.15, -0.1) is 12.4 Å². The third-order valence-corrected chi connectivity index (χ3v) is 1.99. The Morgan fingerprint density at radius 2 is 1.92 bits per heavy atom. The first-order chi connectivity index (χ1) is 5.11. The fraction of sp³-hybridized carbons (Fsp3) is 0.333. The molecule has 0 aliphatic carbocycles. The lowest BCUT2D eigenvalue weighted by molar-refractivity contribution is 0.867. The summed E-state index contributed by atoms with van der Waals surface area (Å²) in [5, 5.41) is 0.800. The van der Waals surface area contributed by atoms with E-state index in [9.17, 15) is 0 Å². The van der Waals surface area contributed by atoms with E-state index in [0.29, 0.717) is 5.92 Å². The van der Waals surface area contributed by atoms with Crippen LogP contribution in [0, 0.1) is 0 Å². The Morgan fingerprint density at radius 3 is 2.33 bits per heavy atom. The van der Waals surface area contributed by atoms with E-state index in [1.165, 1.54) is 0 Å². The zero-order valence-corrected chi connectivity index (χ0v) is 8.75. The van der Waals surface area contributed by atoms with Crippen LogP contribution in [0.4, 0.5) is 5.69 Å². The van der Waals surface area contributed by atoms with E-state index in [4.69, 9.17) is 17.3 Å². The van der Waals surface area contributed by atoms with Crippen LogP contribution in [-0.2, 0) is 0 Å². The molecule has 1 nitrogen and oxygen atoms in total. The second-order valence-corrected chi connectivity index (χ2v) is 3.34. The predicted octanol–water partition coefficient (Wildman–Crippen LogP) is 3.47. The minimum absolute atomic E-state index is 0. The number of benzene rings is 1. The van der Waals surface area contributed by atoms with Crippen molar-refractivity contribution in [2.75, 3.05) is 5.73 Å². The van der Waals surface area contributed by atoms with Gasteiger partial charge in [-0.05, 0) is 29.7 Å². The molecule has 0 fully saturated rings. The van der Waals surface area contributed by atoms with Crippen LogP contribution in [0.5, 0.6) is 0 Å². The topological polar surface area (TPSA) is 26.0 Å². The molecule has 0 bridgehead atoms. The quantitative estimate of drug-likeness (QED) is 0.699. The van der Waals surface area contributed by atoms with Gasteiger partial charge in [0.25, 0.3) is 0 Å². The number of hydrogen-bond acceptors (Lipinski definition) is 1. The van der Waals surface area contributed by atoms with Gasteiger partial charge in [-0.25, -0.2) is 0 Å². The maximum Gasteiger partial charge on any atom is 0.0442 e. The number of hydrogen-bond donors (Lipinski definition) is 1. The lowest BCUT2D eigenvalue weighted by atomic mass is 10.0. The van der Waals surface area contributed by atoms with Gasteiger partial charge in [-0.1, -0.05) is 25.4 Å². The van der Waals surface area contributed by atoms with Crippen molar-refractivity contribution in [1.29, 1.82) is 0 Å². The average Bonchev–Trinajstić information content (AvgIpc) is 1.94. The van der Waals surface area contributed by atoms with E-state index in [0.717, 1.165) is 16.3 Å². The summed E-state index contributed by atoms with van der Waals surface area (Å²) in [4.78, 5) is 0. The third-order valence-electron chi connectivity index (χ3n) is 1.64. The lowest BCUT2D eigenvalue weighted by Gasteiger charge is -2.07. The number of rotatable bonds is 1. The van der Waals surface area contributed by atoms with Crippen LogP contribution in [0.1, 0.15) is 25.3 Å². The Hall–Kier alpha value is -0.400.